The maximum absolute atomic E-state index is 13.1. The molecule has 1 saturated heterocycles. The van der Waals surface area contributed by atoms with Crippen molar-refractivity contribution in [2.45, 2.75) is 6.92 Å². The summed E-state index contributed by atoms with van der Waals surface area (Å²) in [6.07, 6.45) is 1.82. The normalized spacial score (nSPS) is 14.6. The van der Waals surface area contributed by atoms with Gasteiger partial charge in [-0.05, 0) is 55.0 Å². The smallest absolute Gasteiger partial charge is 0.270 e. The Morgan fingerprint density at radius 3 is 2.42 bits per heavy atom. The molecule has 1 amide bonds. The number of aryl methyl sites for hydroxylation is 1. The molecule has 5 nitrogen and oxygen atoms in total. The van der Waals surface area contributed by atoms with Crippen LogP contribution in [0.5, 0.6) is 17.2 Å². The maximum Gasteiger partial charge on any atom is 0.270 e. The fourth-order valence-corrected chi connectivity index (χ4v) is 4.57. The molecule has 4 rings (SSSR count). The topological polar surface area (TPSA) is 48.0 Å². The third-order valence-electron chi connectivity index (χ3n) is 4.92. The van der Waals surface area contributed by atoms with Crippen molar-refractivity contribution >= 4 is 46.0 Å². The van der Waals surface area contributed by atoms with E-state index >= 15 is 0 Å². The van der Waals surface area contributed by atoms with Crippen molar-refractivity contribution in [3.05, 3.63) is 88.8 Å². The lowest BCUT2D eigenvalue weighted by molar-refractivity contribution is -0.113. The van der Waals surface area contributed by atoms with E-state index in [2.05, 4.69) is 0 Å². The van der Waals surface area contributed by atoms with E-state index in [0.29, 0.717) is 39.6 Å². The first-order valence-electron chi connectivity index (χ1n) is 10.4. The summed E-state index contributed by atoms with van der Waals surface area (Å²) in [5.74, 6) is 1.94. The van der Waals surface area contributed by atoms with Crippen LogP contribution in [-0.2, 0) is 4.79 Å². The number of amides is 1. The Kier molecular flexibility index (Phi) is 7.32. The standard InChI is InChI=1S/C26H23NO4S2/c1-18-10-12-20(13-11-18)30-14-15-31-21-7-5-6-19(16-21)17-24-25(28)27(26(32)33-24)22-8-3-4-9-23(22)29-2/h3-13,16-17H,14-15H2,1-2H3. The summed E-state index contributed by atoms with van der Waals surface area (Å²) in [7, 11) is 1.57. The number of carbonyl (C=O) groups excluding carboxylic acids is 1. The van der Waals surface area contributed by atoms with E-state index in [0.717, 1.165) is 11.3 Å². The van der Waals surface area contributed by atoms with E-state index in [4.69, 9.17) is 26.4 Å². The van der Waals surface area contributed by atoms with Gasteiger partial charge < -0.3 is 14.2 Å². The van der Waals surface area contributed by atoms with Gasteiger partial charge in [-0.3, -0.25) is 9.69 Å². The summed E-state index contributed by atoms with van der Waals surface area (Å²) < 4.78 is 17.4. The first-order valence-corrected chi connectivity index (χ1v) is 11.6. The Labute approximate surface area is 203 Å². The zero-order chi connectivity index (χ0) is 23.2. The zero-order valence-electron chi connectivity index (χ0n) is 18.3. The quantitative estimate of drug-likeness (QED) is 0.230. The molecule has 0 spiro atoms. The van der Waals surface area contributed by atoms with E-state index < -0.39 is 0 Å². The van der Waals surface area contributed by atoms with Crippen molar-refractivity contribution in [1.29, 1.82) is 0 Å². The minimum Gasteiger partial charge on any atom is -0.495 e. The molecule has 3 aromatic rings. The molecule has 3 aromatic carbocycles. The van der Waals surface area contributed by atoms with Crippen molar-refractivity contribution in [3.63, 3.8) is 0 Å². The van der Waals surface area contributed by atoms with E-state index in [9.17, 15) is 4.79 Å². The number of hydrogen-bond acceptors (Lipinski definition) is 6. The van der Waals surface area contributed by atoms with E-state index in [1.807, 2.05) is 79.7 Å². The van der Waals surface area contributed by atoms with Gasteiger partial charge in [-0.2, -0.15) is 0 Å². The molecule has 1 heterocycles. The highest BCUT2D eigenvalue weighted by Gasteiger charge is 2.34. The van der Waals surface area contributed by atoms with Gasteiger partial charge in [-0.15, -0.1) is 0 Å². The molecule has 0 radical (unpaired) electrons. The first-order chi connectivity index (χ1) is 16.0. The number of thiocarbonyl (C=S) groups is 1. The molecule has 33 heavy (non-hydrogen) atoms. The Balaban J connectivity index is 1.41. The fourth-order valence-electron chi connectivity index (χ4n) is 3.29. The lowest BCUT2D eigenvalue weighted by Crippen LogP contribution is -2.27. The van der Waals surface area contributed by atoms with Gasteiger partial charge in [0.05, 0.1) is 17.7 Å². The second kappa shape index (κ2) is 10.6. The number of ether oxygens (including phenoxy) is 3. The highest BCUT2D eigenvalue weighted by molar-refractivity contribution is 8.27. The van der Waals surface area contributed by atoms with Crippen LogP contribution in [0.3, 0.4) is 0 Å². The molecule has 0 bridgehead atoms. The van der Waals surface area contributed by atoms with Crippen LogP contribution in [0.25, 0.3) is 6.08 Å². The van der Waals surface area contributed by atoms with Crippen LogP contribution in [0, 0.1) is 6.92 Å². The number of rotatable bonds is 8. The number of benzene rings is 3. The Morgan fingerprint density at radius 1 is 0.939 bits per heavy atom. The number of para-hydroxylation sites is 2. The van der Waals surface area contributed by atoms with Crippen LogP contribution in [-0.4, -0.2) is 30.6 Å². The van der Waals surface area contributed by atoms with Crippen LogP contribution in [0.4, 0.5) is 5.69 Å². The molecule has 0 aromatic heterocycles. The SMILES string of the molecule is COc1ccccc1N1C(=O)C(=Cc2cccc(OCCOc3ccc(C)cc3)c2)SC1=S. The van der Waals surface area contributed by atoms with Crippen molar-refractivity contribution < 1.29 is 19.0 Å². The van der Waals surface area contributed by atoms with Crippen LogP contribution >= 0.6 is 24.0 Å². The summed E-state index contributed by atoms with van der Waals surface area (Å²) in [6.45, 7) is 2.88. The molecule has 0 atom stereocenters. The molecule has 0 unspecified atom stereocenters. The Hall–Kier alpha value is -3.29. The number of carbonyl (C=O) groups is 1. The average molecular weight is 478 g/mol. The van der Waals surface area contributed by atoms with Crippen LogP contribution in [0.1, 0.15) is 11.1 Å². The summed E-state index contributed by atoms with van der Waals surface area (Å²) in [4.78, 5) is 15.1. The summed E-state index contributed by atoms with van der Waals surface area (Å²) in [5, 5.41) is 0. The first kappa shape index (κ1) is 22.9. The number of methoxy groups -OCH3 is 1. The zero-order valence-corrected chi connectivity index (χ0v) is 19.9. The van der Waals surface area contributed by atoms with Gasteiger partial charge in [0, 0.05) is 0 Å². The van der Waals surface area contributed by atoms with E-state index in [1.54, 1.807) is 13.2 Å². The molecule has 0 aliphatic carbocycles. The average Bonchev–Trinajstić information content (AvgIpc) is 3.10. The summed E-state index contributed by atoms with van der Waals surface area (Å²) >= 11 is 6.75. The molecular weight excluding hydrogens is 454 g/mol. The van der Waals surface area contributed by atoms with E-state index in [-0.39, 0.29) is 5.91 Å². The maximum atomic E-state index is 13.1. The van der Waals surface area contributed by atoms with Gasteiger partial charge in [-0.25, -0.2) is 0 Å². The molecule has 1 aliphatic heterocycles. The van der Waals surface area contributed by atoms with Gasteiger partial charge in [0.15, 0.2) is 4.32 Å². The highest BCUT2D eigenvalue weighted by Crippen LogP contribution is 2.39. The summed E-state index contributed by atoms with van der Waals surface area (Å²) in [5.41, 5.74) is 2.68. The predicted molar refractivity (Wildman–Crippen MR) is 137 cm³/mol. The lowest BCUT2D eigenvalue weighted by atomic mass is 10.2. The molecule has 0 N–H and O–H groups in total. The van der Waals surface area contributed by atoms with Crippen LogP contribution in [0.15, 0.2) is 77.7 Å². The molecular formula is C26H23NO4S2. The summed E-state index contributed by atoms with van der Waals surface area (Å²) in [6, 6.07) is 22.8. The van der Waals surface area contributed by atoms with Crippen molar-refractivity contribution in [2.75, 3.05) is 25.2 Å². The predicted octanol–water partition coefficient (Wildman–Crippen LogP) is 5.87. The van der Waals surface area contributed by atoms with Crippen molar-refractivity contribution in [3.8, 4) is 17.2 Å². The number of thioether (sulfide) groups is 1. The van der Waals surface area contributed by atoms with E-state index in [1.165, 1.54) is 22.2 Å². The highest BCUT2D eigenvalue weighted by atomic mass is 32.2. The van der Waals surface area contributed by atoms with Crippen molar-refractivity contribution in [1.82, 2.24) is 0 Å². The number of anilines is 1. The van der Waals surface area contributed by atoms with Gasteiger partial charge in [0.25, 0.3) is 5.91 Å². The fraction of sp³-hybridized carbons (Fsp3) is 0.154. The minimum absolute atomic E-state index is 0.174. The molecule has 1 fully saturated rings. The monoisotopic (exact) mass is 477 g/mol. The number of hydrogen-bond donors (Lipinski definition) is 0. The third kappa shape index (κ3) is 5.56. The Bertz CT molecular complexity index is 1190. The van der Waals surface area contributed by atoms with Gasteiger partial charge in [-0.1, -0.05) is 65.9 Å². The van der Waals surface area contributed by atoms with Crippen LogP contribution < -0.4 is 19.1 Å². The molecule has 7 heteroatoms. The molecule has 168 valence electrons. The minimum atomic E-state index is -0.174. The van der Waals surface area contributed by atoms with Gasteiger partial charge >= 0.3 is 0 Å². The largest absolute Gasteiger partial charge is 0.495 e. The third-order valence-corrected chi connectivity index (χ3v) is 6.22. The number of nitrogens with zero attached hydrogens (tertiary/aromatic N) is 1. The second-order valence-corrected chi connectivity index (χ2v) is 8.95. The molecule has 0 saturated carbocycles. The second-order valence-electron chi connectivity index (χ2n) is 7.27. The Morgan fingerprint density at radius 2 is 1.67 bits per heavy atom. The lowest BCUT2D eigenvalue weighted by Gasteiger charge is -2.17. The van der Waals surface area contributed by atoms with Crippen molar-refractivity contribution in [2.24, 2.45) is 0 Å². The van der Waals surface area contributed by atoms with Crippen LogP contribution in [0.2, 0.25) is 0 Å². The molecule has 1 aliphatic rings. The van der Waals surface area contributed by atoms with Gasteiger partial charge in [0.1, 0.15) is 30.5 Å². The van der Waals surface area contributed by atoms with Gasteiger partial charge in [0.2, 0.25) is 0 Å².